The number of aryl methyl sites for hydroxylation is 2. The smallest absolute Gasteiger partial charge is 0.253 e. The Hall–Kier alpha value is -1.89. The van der Waals surface area contributed by atoms with Crippen LogP contribution < -0.4 is 11.1 Å². The van der Waals surface area contributed by atoms with Crippen molar-refractivity contribution in [3.8, 4) is 5.69 Å². The number of nitrogens with zero attached hydrogens (tertiary/aromatic N) is 2. The number of anilines is 1. The van der Waals surface area contributed by atoms with Gasteiger partial charge in [-0.15, -0.1) is 12.4 Å². The molecule has 1 aliphatic rings. The Labute approximate surface area is 147 Å². The number of nitrogens with one attached hydrogen (secondary N) is 1. The summed E-state index contributed by atoms with van der Waals surface area (Å²) in [7, 11) is 0. The minimum Gasteiger partial charge on any atom is -0.364 e. The van der Waals surface area contributed by atoms with Crippen LogP contribution in [0.5, 0.6) is 0 Å². The third kappa shape index (κ3) is 3.95. The average molecular weight is 351 g/mol. The van der Waals surface area contributed by atoms with Gasteiger partial charge in [-0.2, -0.15) is 5.10 Å². The molecule has 6 nitrogen and oxygen atoms in total. The van der Waals surface area contributed by atoms with Gasteiger partial charge in [0.1, 0.15) is 6.10 Å². The van der Waals surface area contributed by atoms with Gasteiger partial charge in [-0.3, -0.25) is 4.79 Å². The van der Waals surface area contributed by atoms with Gasteiger partial charge < -0.3 is 15.8 Å². The number of rotatable bonds is 4. The molecule has 1 aromatic carbocycles. The highest BCUT2D eigenvalue weighted by atomic mass is 35.5. The van der Waals surface area contributed by atoms with Crippen molar-refractivity contribution < 1.29 is 9.53 Å². The first-order chi connectivity index (χ1) is 11.1. The fraction of sp³-hybridized carbons (Fsp3) is 0.412. The molecule has 3 rings (SSSR count). The molecule has 7 heteroatoms. The van der Waals surface area contributed by atoms with E-state index in [1.54, 1.807) is 0 Å². The molecule has 0 aliphatic carbocycles. The van der Waals surface area contributed by atoms with Crippen LogP contribution in [0, 0.1) is 13.8 Å². The van der Waals surface area contributed by atoms with E-state index in [0.717, 1.165) is 29.2 Å². The highest BCUT2D eigenvalue weighted by Gasteiger charge is 2.29. The lowest BCUT2D eigenvalue weighted by Crippen LogP contribution is -2.29. The minimum absolute atomic E-state index is 0. The Kier molecular flexibility index (Phi) is 5.99. The van der Waals surface area contributed by atoms with E-state index in [2.05, 4.69) is 10.4 Å². The zero-order chi connectivity index (χ0) is 16.4. The molecule has 0 radical (unpaired) electrons. The average Bonchev–Trinajstić information content (AvgIpc) is 3.14. The minimum atomic E-state index is -0.416. The number of halogens is 1. The topological polar surface area (TPSA) is 82.2 Å². The summed E-state index contributed by atoms with van der Waals surface area (Å²) in [6.45, 7) is 4.42. The summed E-state index contributed by atoms with van der Waals surface area (Å²) < 4.78 is 7.49. The zero-order valence-electron chi connectivity index (χ0n) is 13.9. The quantitative estimate of drug-likeness (QED) is 0.886. The maximum Gasteiger partial charge on any atom is 0.253 e. The van der Waals surface area contributed by atoms with E-state index in [0.29, 0.717) is 13.0 Å². The molecule has 130 valence electrons. The summed E-state index contributed by atoms with van der Waals surface area (Å²) in [6, 6.07) is 9.66. The van der Waals surface area contributed by atoms with Crippen LogP contribution in [-0.2, 0) is 9.53 Å². The van der Waals surface area contributed by atoms with Crippen LogP contribution >= 0.6 is 12.4 Å². The standard InChI is InChI=1S/C17H22N4O2.ClH/c1-11-8-12(2)21(20-11)14-5-3-4-13(9-14)19-17(22)16-7-6-15(10-18)23-16;/h3-5,8-9,15-16H,6-7,10,18H2,1-2H3,(H,19,22);1H/t15-,16+;/m1./s1. The Morgan fingerprint density at radius 1 is 1.38 bits per heavy atom. The van der Waals surface area contributed by atoms with Crippen molar-refractivity contribution >= 4 is 24.0 Å². The van der Waals surface area contributed by atoms with Crippen molar-refractivity contribution in [3.05, 3.63) is 41.7 Å². The van der Waals surface area contributed by atoms with E-state index in [-0.39, 0.29) is 24.4 Å². The highest BCUT2D eigenvalue weighted by molar-refractivity contribution is 5.94. The van der Waals surface area contributed by atoms with Crippen molar-refractivity contribution in [2.45, 2.75) is 38.9 Å². The van der Waals surface area contributed by atoms with Gasteiger partial charge in [0.15, 0.2) is 0 Å². The number of carbonyl (C=O) groups is 1. The molecule has 3 N–H and O–H groups in total. The van der Waals surface area contributed by atoms with Crippen molar-refractivity contribution in [2.24, 2.45) is 5.73 Å². The first kappa shape index (κ1) is 18.4. The molecule has 0 spiro atoms. The molecular formula is C17H23ClN4O2. The van der Waals surface area contributed by atoms with Gasteiger partial charge in [0.25, 0.3) is 5.91 Å². The number of aromatic nitrogens is 2. The Balaban J connectivity index is 0.00000208. The molecule has 1 fully saturated rings. The predicted molar refractivity (Wildman–Crippen MR) is 95.9 cm³/mol. The second-order valence-corrected chi connectivity index (χ2v) is 5.94. The number of ether oxygens (including phenoxy) is 1. The normalized spacial score (nSPS) is 19.8. The van der Waals surface area contributed by atoms with Gasteiger partial charge in [0.2, 0.25) is 0 Å². The fourth-order valence-electron chi connectivity index (χ4n) is 2.90. The van der Waals surface area contributed by atoms with E-state index in [9.17, 15) is 4.79 Å². The third-order valence-corrected chi connectivity index (χ3v) is 4.03. The van der Waals surface area contributed by atoms with Crippen LogP contribution in [0.25, 0.3) is 5.69 Å². The van der Waals surface area contributed by atoms with Crippen LogP contribution in [0.15, 0.2) is 30.3 Å². The predicted octanol–water partition coefficient (Wildman–Crippen LogP) is 2.36. The van der Waals surface area contributed by atoms with Crippen LogP contribution in [0.3, 0.4) is 0 Å². The van der Waals surface area contributed by atoms with E-state index < -0.39 is 6.10 Å². The van der Waals surface area contributed by atoms with E-state index in [1.807, 2.05) is 48.9 Å². The molecule has 1 amide bonds. The molecule has 0 bridgehead atoms. The van der Waals surface area contributed by atoms with Crippen LogP contribution in [0.2, 0.25) is 0 Å². The molecule has 2 atom stereocenters. The largest absolute Gasteiger partial charge is 0.364 e. The Morgan fingerprint density at radius 3 is 2.79 bits per heavy atom. The number of amides is 1. The Morgan fingerprint density at radius 2 is 2.17 bits per heavy atom. The van der Waals surface area contributed by atoms with Gasteiger partial charge in [-0.1, -0.05) is 6.07 Å². The van der Waals surface area contributed by atoms with E-state index in [1.165, 1.54) is 0 Å². The lowest BCUT2D eigenvalue weighted by molar-refractivity contribution is -0.126. The summed E-state index contributed by atoms with van der Waals surface area (Å²) in [5.41, 5.74) is 9.25. The molecule has 2 heterocycles. The first-order valence-corrected chi connectivity index (χ1v) is 7.87. The number of hydrogen-bond donors (Lipinski definition) is 2. The Bertz CT molecular complexity index is 716. The number of benzene rings is 1. The molecular weight excluding hydrogens is 328 g/mol. The number of hydrogen-bond acceptors (Lipinski definition) is 4. The lowest BCUT2D eigenvalue weighted by Gasteiger charge is -2.13. The van der Waals surface area contributed by atoms with Gasteiger partial charge in [0.05, 0.1) is 17.5 Å². The number of nitrogens with two attached hydrogens (primary N) is 1. The molecule has 1 aliphatic heterocycles. The summed E-state index contributed by atoms with van der Waals surface area (Å²) in [5, 5.41) is 7.38. The third-order valence-electron chi connectivity index (χ3n) is 4.03. The molecule has 1 aromatic heterocycles. The number of carbonyl (C=O) groups excluding carboxylic acids is 1. The molecule has 2 aromatic rings. The monoisotopic (exact) mass is 350 g/mol. The molecule has 1 saturated heterocycles. The van der Waals surface area contributed by atoms with Crippen LogP contribution in [0.4, 0.5) is 5.69 Å². The zero-order valence-corrected chi connectivity index (χ0v) is 14.7. The highest BCUT2D eigenvalue weighted by Crippen LogP contribution is 2.22. The molecule has 0 saturated carbocycles. The maximum absolute atomic E-state index is 12.3. The van der Waals surface area contributed by atoms with Crippen molar-refractivity contribution in [2.75, 3.05) is 11.9 Å². The summed E-state index contributed by atoms with van der Waals surface area (Å²) in [5.74, 6) is -0.119. The second kappa shape index (κ2) is 7.79. The van der Waals surface area contributed by atoms with Gasteiger partial charge in [-0.05, 0) is 51.0 Å². The van der Waals surface area contributed by atoms with Gasteiger partial charge in [-0.25, -0.2) is 4.68 Å². The van der Waals surface area contributed by atoms with Crippen molar-refractivity contribution in [3.63, 3.8) is 0 Å². The SMILES string of the molecule is Cc1cc(C)n(-c2cccc(NC(=O)[C@@H]3CC[C@H](CN)O3)c2)n1.Cl. The van der Waals surface area contributed by atoms with E-state index in [4.69, 9.17) is 10.5 Å². The molecule has 0 unspecified atom stereocenters. The maximum atomic E-state index is 12.3. The van der Waals surface area contributed by atoms with Crippen molar-refractivity contribution in [1.82, 2.24) is 9.78 Å². The summed E-state index contributed by atoms with van der Waals surface area (Å²) >= 11 is 0. The van der Waals surface area contributed by atoms with Crippen LogP contribution in [0.1, 0.15) is 24.2 Å². The summed E-state index contributed by atoms with van der Waals surface area (Å²) in [6.07, 6.45) is 1.12. The molecule has 24 heavy (non-hydrogen) atoms. The lowest BCUT2D eigenvalue weighted by atomic mass is 10.2. The van der Waals surface area contributed by atoms with Crippen LogP contribution in [-0.4, -0.2) is 34.4 Å². The van der Waals surface area contributed by atoms with Gasteiger partial charge >= 0.3 is 0 Å². The first-order valence-electron chi connectivity index (χ1n) is 7.87. The summed E-state index contributed by atoms with van der Waals surface area (Å²) in [4.78, 5) is 12.3. The van der Waals surface area contributed by atoms with Gasteiger partial charge in [0, 0.05) is 17.9 Å². The van der Waals surface area contributed by atoms with E-state index >= 15 is 0 Å². The van der Waals surface area contributed by atoms with Crippen molar-refractivity contribution in [1.29, 1.82) is 0 Å². The fourth-order valence-corrected chi connectivity index (χ4v) is 2.90. The second-order valence-electron chi connectivity index (χ2n) is 5.94.